The number of carbonyl (C=O) groups excluding carboxylic acids is 1. The maximum Gasteiger partial charge on any atom is 0.340 e. The van der Waals surface area contributed by atoms with E-state index in [4.69, 9.17) is 15.2 Å². The van der Waals surface area contributed by atoms with Gasteiger partial charge in [-0.25, -0.2) is 4.79 Å². The number of benzene rings is 3. The van der Waals surface area contributed by atoms with Crippen LogP contribution in [0, 0.1) is 11.3 Å². The number of esters is 1. The fourth-order valence-electron chi connectivity index (χ4n) is 4.70. The largest absolute Gasteiger partial charge is 0.456 e. The van der Waals surface area contributed by atoms with Crippen LogP contribution in [0.1, 0.15) is 46.5 Å². The smallest absolute Gasteiger partial charge is 0.340 e. The zero-order valence-corrected chi connectivity index (χ0v) is 17.3. The summed E-state index contributed by atoms with van der Waals surface area (Å²) in [6, 6.07) is 18.7. The number of carbonyl (C=O) groups is 1. The summed E-state index contributed by atoms with van der Waals surface area (Å²) < 4.78 is 12.4. The summed E-state index contributed by atoms with van der Waals surface area (Å²) in [5.41, 5.74) is 8.90. The zero-order chi connectivity index (χ0) is 21.8. The minimum absolute atomic E-state index is 0.318. The summed E-state index contributed by atoms with van der Waals surface area (Å²) >= 11 is 0. The number of rotatable bonds is 3. The Hall–Kier alpha value is -3.98. The number of hydrogen-bond donors (Lipinski definition) is 1. The number of nitrogens with two attached hydrogens (primary N) is 1. The van der Waals surface area contributed by atoms with E-state index >= 15 is 0 Å². The maximum absolute atomic E-state index is 12.9. The highest BCUT2D eigenvalue weighted by atomic mass is 16.6. The van der Waals surface area contributed by atoms with Crippen molar-refractivity contribution >= 4 is 17.3 Å². The monoisotopic (exact) mass is 411 g/mol. The van der Waals surface area contributed by atoms with Crippen LogP contribution in [0.5, 0.6) is 11.5 Å². The number of anilines is 2. The molecule has 2 N–H and O–H groups in total. The lowest BCUT2D eigenvalue weighted by Gasteiger charge is -2.37. The van der Waals surface area contributed by atoms with E-state index in [0.29, 0.717) is 45.0 Å². The minimum atomic E-state index is -1.27. The topological polar surface area (TPSA) is 88.6 Å². The van der Waals surface area contributed by atoms with Crippen molar-refractivity contribution in [3.8, 4) is 17.6 Å². The van der Waals surface area contributed by atoms with Gasteiger partial charge in [-0.05, 0) is 38.1 Å². The molecule has 31 heavy (non-hydrogen) atoms. The predicted octanol–water partition coefficient (Wildman–Crippen LogP) is 4.55. The average molecular weight is 411 g/mol. The Labute approximate surface area is 180 Å². The molecule has 1 atom stereocenters. The van der Waals surface area contributed by atoms with Gasteiger partial charge in [0.1, 0.15) is 11.5 Å². The lowest BCUT2D eigenvalue weighted by atomic mass is 9.76. The second kappa shape index (κ2) is 6.78. The Morgan fingerprint density at radius 2 is 1.81 bits per heavy atom. The molecule has 0 aliphatic carbocycles. The van der Waals surface area contributed by atoms with Crippen LogP contribution in [0.15, 0.2) is 54.6 Å². The molecule has 0 saturated carbocycles. The van der Waals surface area contributed by atoms with Gasteiger partial charge in [-0.15, -0.1) is 0 Å². The molecule has 2 aliphatic heterocycles. The van der Waals surface area contributed by atoms with E-state index in [1.807, 2.05) is 30.3 Å². The Bertz CT molecular complexity index is 1270. The molecule has 154 valence electrons. The third-order valence-electron chi connectivity index (χ3n) is 6.06. The first-order valence-electron chi connectivity index (χ1n) is 10.3. The van der Waals surface area contributed by atoms with Gasteiger partial charge in [0.05, 0.1) is 22.8 Å². The van der Waals surface area contributed by atoms with Crippen molar-refractivity contribution in [3.05, 3.63) is 82.4 Å². The summed E-state index contributed by atoms with van der Waals surface area (Å²) in [7, 11) is 0. The molecule has 0 bridgehead atoms. The molecule has 6 heteroatoms. The highest BCUT2D eigenvalue weighted by molar-refractivity contribution is 5.97. The van der Waals surface area contributed by atoms with Crippen molar-refractivity contribution in [2.75, 3.05) is 23.7 Å². The molecule has 5 rings (SSSR count). The van der Waals surface area contributed by atoms with E-state index in [0.717, 1.165) is 18.8 Å². The molecular formula is C25H21N3O3. The number of hydrogen-bond acceptors (Lipinski definition) is 6. The van der Waals surface area contributed by atoms with E-state index < -0.39 is 11.6 Å². The normalized spacial score (nSPS) is 17.8. The van der Waals surface area contributed by atoms with E-state index in [-0.39, 0.29) is 0 Å². The van der Waals surface area contributed by atoms with Crippen LogP contribution in [0.4, 0.5) is 11.4 Å². The van der Waals surface area contributed by atoms with Crippen molar-refractivity contribution in [1.82, 2.24) is 0 Å². The van der Waals surface area contributed by atoms with Gasteiger partial charge in [0.15, 0.2) is 5.60 Å². The average Bonchev–Trinajstić information content (AvgIpc) is 3.07. The lowest BCUT2D eigenvalue weighted by molar-refractivity contribution is 0.0224. The standard InChI is InChI=1S/C25H21N3O3/c1-3-28(4-2)17-9-10-20-21(13-17)30-22-12-16(27)11-15(14-26)23(22)25(20)19-8-6-5-7-18(19)24(29)31-25/h5-13H,3-4,27H2,1-2H3. The maximum atomic E-state index is 12.9. The van der Waals surface area contributed by atoms with E-state index in [1.54, 1.807) is 24.3 Å². The van der Waals surface area contributed by atoms with Gasteiger partial charge in [-0.1, -0.05) is 18.2 Å². The fraction of sp³-hybridized carbons (Fsp3) is 0.200. The number of nitrogen functional groups attached to an aromatic ring is 1. The second-order valence-corrected chi connectivity index (χ2v) is 7.62. The molecule has 0 amide bonds. The summed E-state index contributed by atoms with van der Waals surface area (Å²) in [6.45, 7) is 5.88. The number of fused-ring (bicyclic) bond motifs is 6. The molecule has 0 fully saturated rings. The molecule has 2 aliphatic rings. The van der Waals surface area contributed by atoms with Crippen molar-refractivity contribution in [3.63, 3.8) is 0 Å². The first-order valence-corrected chi connectivity index (χ1v) is 10.3. The zero-order valence-electron chi connectivity index (χ0n) is 17.3. The van der Waals surface area contributed by atoms with Crippen LogP contribution in [0.25, 0.3) is 0 Å². The Morgan fingerprint density at radius 3 is 2.55 bits per heavy atom. The van der Waals surface area contributed by atoms with Crippen molar-refractivity contribution in [2.24, 2.45) is 0 Å². The second-order valence-electron chi connectivity index (χ2n) is 7.62. The lowest BCUT2D eigenvalue weighted by Crippen LogP contribution is -2.34. The van der Waals surface area contributed by atoms with Crippen molar-refractivity contribution in [1.29, 1.82) is 5.26 Å². The molecule has 1 unspecified atom stereocenters. The Morgan fingerprint density at radius 1 is 1.03 bits per heavy atom. The quantitative estimate of drug-likeness (QED) is 0.502. The summed E-state index contributed by atoms with van der Waals surface area (Å²) in [5.74, 6) is 0.573. The molecule has 0 radical (unpaired) electrons. The van der Waals surface area contributed by atoms with Gasteiger partial charge < -0.3 is 20.1 Å². The Kier molecular flexibility index (Phi) is 4.16. The molecule has 3 aromatic carbocycles. The molecule has 6 nitrogen and oxygen atoms in total. The van der Waals surface area contributed by atoms with Gasteiger partial charge in [-0.2, -0.15) is 5.26 Å². The van der Waals surface area contributed by atoms with Gasteiger partial charge in [0, 0.05) is 47.7 Å². The highest BCUT2D eigenvalue weighted by Gasteiger charge is 2.54. The van der Waals surface area contributed by atoms with E-state index in [2.05, 4.69) is 24.8 Å². The molecule has 3 aromatic rings. The van der Waals surface area contributed by atoms with Crippen LogP contribution in [-0.2, 0) is 10.3 Å². The van der Waals surface area contributed by atoms with Gasteiger partial charge in [-0.3, -0.25) is 0 Å². The molecule has 1 spiro atoms. The summed E-state index contributed by atoms with van der Waals surface area (Å²) in [4.78, 5) is 15.1. The first-order chi connectivity index (χ1) is 15.0. The third-order valence-corrected chi connectivity index (χ3v) is 6.06. The van der Waals surface area contributed by atoms with Crippen LogP contribution in [0.2, 0.25) is 0 Å². The summed E-state index contributed by atoms with van der Waals surface area (Å²) in [6.07, 6.45) is 0. The summed E-state index contributed by atoms with van der Waals surface area (Å²) in [5, 5.41) is 9.90. The third kappa shape index (κ3) is 2.53. The predicted molar refractivity (Wildman–Crippen MR) is 117 cm³/mol. The molecule has 2 heterocycles. The number of ether oxygens (including phenoxy) is 2. The minimum Gasteiger partial charge on any atom is -0.456 e. The van der Waals surface area contributed by atoms with Gasteiger partial charge in [0.25, 0.3) is 0 Å². The molecular weight excluding hydrogens is 390 g/mol. The van der Waals surface area contributed by atoms with Gasteiger partial charge >= 0.3 is 5.97 Å². The fourth-order valence-corrected chi connectivity index (χ4v) is 4.70. The highest BCUT2D eigenvalue weighted by Crippen LogP contribution is 2.57. The molecule has 0 saturated heterocycles. The number of nitriles is 1. The Balaban J connectivity index is 1.86. The first kappa shape index (κ1) is 19.0. The van der Waals surface area contributed by atoms with E-state index in [1.165, 1.54) is 0 Å². The SMILES string of the molecule is CCN(CC)c1ccc2c(c1)Oc1cc(N)cc(C#N)c1C21OC(=O)c2ccccc21. The van der Waals surface area contributed by atoms with Crippen LogP contribution >= 0.6 is 0 Å². The van der Waals surface area contributed by atoms with Crippen molar-refractivity contribution < 1.29 is 14.3 Å². The van der Waals surface area contributed by atoms with Crippen LogP contribution < -0.4 is 15.4 Å². The molecule has 0 aromatic heterocycles. The number of nitrogens with zero attached hydrogens (tertiary/aromatic N) is 2. The van der Waals surface area contributed by atoms with E-state index in [9.17, 15) is 10.1 Å². The van der Waals surface area contributed by atoms with Crippen molar-refractivity contribution in [2.45, 2.75) is 19.4 Å². The van der Waals surface area contributed by atoms with Crippen LogP contribution in [-0.4, -0.2) is 19.1 Å². The van der Waals surface area contributed by atoms with Crippen LogP contribution in [0.3, 0.4) is 0 Å². The van der Waals surface area contributed by atoms with Gasteiger partial charge in [0.2, 0.25) is 0 Å².